The summed E-state index contributed by atoms with van der Waals surface area (Å²) >= 11 is 3.37. The first-order valence-corrected chi connectivity index (χ1v) is 7.13. The summed E-state index contributed by atoms with van der Waals surface area (Å²) in [7, 11) is -3.19. The molecular weight excluding hydrogens is 280 g/mol. The standard InChI is InChI=1S/C10H11BrO3S/c11-7-5-10(6-7)15(13,14)9-3-1-8(12)2-4-9/h1-4,7,10,12H,5-6H2. The van der Waals surface area contributed by atoms with Gasteiger partial charge in [-0.3, -0.25) is 0 Å². The number of hydrogen-bond acceptors (Lipinski definition) is 3. The predicted octanol–water partition coefficient (Wildman–Crippen LogP) is 2.09. The van der Waals surface area contributed by atoms with Crippen LogP contribution in [0.5, 0.6) is 5.75 Å². The highest BCUT2D eigenvalue weighted by molar-refractivity contribution is 9.09. The van der Waals surface area contributed by atoms with E-state index in [1.165, 1.54) is 24.3 Å². The van der Waals surface area contributed by atoms with E-state index in [1.807, 2.05) is 0 Å². The smallest absolute Gasteiger partial charge is 0.181 e. The highest BCUT2D eigenvalue weighted by Gasteiger charge is 2.38. The molecule has 0 saturated heterocycles. The van der Waals surface area contributed by atoms with Gasteiger partial charge >= 0.3 is 0 Å². The summed E-state index contributed by atoms with van der Waals surface area (Å²) in [6.45, 7) is 0. The van der Waals surface area contributed by atoms with Crippen LogP contribution in [-0.4, -0.2) is 23.6 Å². The first-order chi connectivity index (χ1) is 7.00. The molecule has 1 fully saturated rings. The Morgan fingerprint density at radius 1 is 1.20 bits per heavy atom. The van der Waals surface area contributed by atoms with Crippen LogP contribution in [0.15, 0.2) is 29.2 Å². The Morgan fingerprint density at radius 2 is 1.73 bits per heavy atom. The van der Waals surface area contributed by atoms with E-state index in [1.54, 1.807) is 0 Å². The van der Waals surface area contributed by atoms with Crippen molar-refractivity contribution in [2.45, 2.75) is 27.8 Å². The van der Waals surface area contributed by atoms with Gasteiger partial charge in [0.2, 0.25) is 0 Å². The maximum atomic E-state index is 12.0. The summed E-state index contributed by atoms with van der Waals surface area (Å²) in [6.07, 6.45) is 1.34. The normalized spacial score (nSPS) is 25.9. The van der Waals surface area contributed by atoms with E-state index in [0.29, 0.717) is 22.6 Å². The van der Waals surface area contributed by atoms with Crippen molar-refractivity contribution in [2.75, 3.05) is 0 Å². The fourth-order valence-electron chi connectivity index (χ4n) is 1.58. The number of benzene rings is 1. The maximum absolute atomic E-state index is 12.0. The Morgan fingerprint density at radius 3 is 2.20 bits per heavy atom. The molecule has 2 rings (SSSR count). The third-order valence-corrected chi connectivity index (χ3v) is 5.58. The molecule has 1 N–H and O–H groups in total. The second-order valence-electron chi connectivity index (χ2n) is 3.73. The van der Waals surface area contributed by atoms with Crippen molar-refractivity contribution in [2.24, 2.45) is 0 Å². The first kappa shape index (κ1) is 11.0. The second kappa shape index (κ2) is 3.79. The van der Waals surface area contributed by atoms with E-state index in [4.69, 9.17) is 5.11 Å². The largest absolute Gasteiger partial charge is 0.508 e. The SMILES string of the molecule is O=S(=O)(c1ccc(O)cc1)C1CC(Br)C1. The lowest BCUT2D eigenvalue weighted by Crippen LogP contribution is -2.36. The van der Waals surface area contributed by atoms with E-state index in [-0.39, 0.29) is 11.0 Å². The van der Waals surface area contributed by atoms with E-state index in [9.17, 15) is 8.42 Å². The van der Waals surface area contributed by atoms with E-state index in [2.05, 4.69) is 15.9 Å². The van der Waals surface area contributed by atoms with Crippen molar-refractivity contribution in [1.82, 2.24) is 0 Å². The van der Waals surface area contributed by atoms with E-state index >= 15 is 0 Å². The van der Waals surface area contributed by atoms with Gasteiger partial charge in [0.15, 0.2) is 9.84 Å². The Hall–Kier alpha value is -0.550. The van der Waals surface area contributed by atoms with Crippen LogP contribution < -0.4 is 0 Å². The minimum absolute atomic E-state index is 0.0842. The number of alkyl halides is 1. The molecule has 0 radical (unpaired) electrons. The second-order valence-corrected chi connectivity index (χ2v) is 7.25. The summed E-state index contributed by atoms with van der Waals surface area (Å²) in [5.74, 6) is 0.0842. The summed E-state index contributed by atoms with van der Waals surface area (Å²) < 4.78 is 23.9. The lowest BCUT2D eigenvalue weighted by molar-refractivity contribution is 0.474. The van der Waals surface area contributed by atoms with Gasteiger partial charge in [-0.25, -0.2) is 8.42 Å². The van der Waals surface area contributed by atoms with Gasteiger partial charge in [-0.2, -0.15) is 0 Å². The number of aromatic hydroxyl groups is 1. The molecule has 0 amide bonds. The van der Waals surface area contributed by atoms with Crippen molar-refractivity contribution < 1.29 is 13.5 Å². The molecular formula is C10H11BrO3S. The molecule has 5 heteroatoms. The van der Waals surface area contributed by atoms with Crippen LogP contribution >= 0.6 is 15.9 Å². The average Bonchev–Trinajstić information content (AvgIpc) is 2.13. The monoisotopic (exact) mass is 290 g/mol. The summed E-state index contributed by atoms with van der Waals surface area (Å²) in [6, 6.07) is 5.70. The highest BCUT2D eigenvalue weighted by atomic mass is 79.9. The van der Waals surface area contributed by atoms with Gasteiger partial charge in [0, 0.05) is 4.83 Å². The number of hydrogen-bond donors (Lipinski definition) is 1. The third kappa shape index (κ3) is 2.03. The minimum atomic E-state index is -3.19. The van der Waals surface area contributed by atoms with Crippen LogP contribution in [0.25, 0.3) is 0 Å². The van der Waals surface area contributed by atoms with Crippen molar-refractivity contribution >= 4 is 25.8 Å². The molecule has 0 atom stereocenters. The number of phenolic OH excluding ortho intramolecular Hbond substituents is 1. The van der Waals surface area contributed by atoms with Crippen LogP contribution in [-0.2, 0) is 9.84 Å². The molecule has 0 bridgehead atoms. The zero-order valence-electron chi connectivity index (χ0n) is 7.93. The molecule has 0 aromatic heterocycles. The molecule has 1 saturated carbocycles. The van der Waals surface area contributed by atoms with Gasteiger partial charge in [-0.1, -0.05) is 15.9 Å². The molecule has 0 unspecified atom stereocenters. The summed E-state index contributed by atoms with van der Waals surface area (Å²) in [5.41, 5.74) is 0. The van der Waals surface area contributed by atoms with Gasteiger partial charge in [0.25, 0.3) is 0 Å². The number of phenols is 1. The van der Waals surface area contributed by atoms with Crippen LogP contribution in [0.2, 0.25) is 0 Å². The van der Waals surface area contributed by atoms with Crippen molar-refractivity contribution in [3.05, 3.63) is 24.3 Å². The average molecular weight is 291 g/mol. The fraction of sp³-hybridized carbons (Fsp3) is 0.400. The number of rotatable bonds is 2. The molecule has 1 aliphatic rings. The maximum Gasteiger partial charge on any atom is 0.181 e. The van der Waals surface area contributed by atoms with E-state index < -0.39 is 9.84 Å². The van der Waals surface area contributed by atoms with Gasteiger partial charge in [-0.05, 0) is 37.1 Å². The molecule has 1 aromatic carbocycles. The molecule has 82 valence electrons. The molecule has 0 aliphatic heterocycles. The third-order valence-electron chi connectivity index (χ3n) is 2.64. The van der Waals surface area contributed by atoms with Crippen LogP contribution in [0.4, 0.5) is 0 Å². The van der Waals surface area contributed by atoms with Gasteiger partial charge in [0.1, 0.15) is 5.75 Å². The summed E-state index contributed by atoms with van der Waals surface area (Å²) in [5, 5.41) is 8.80. The lowest BCUT2D eigenvalue weighted by Gasteiger charge is -2.30. The predicted molar refractivity (Wildman–Crippen MR) is 61.0 cm³/mol. The van der Waals surface area contributed by atoms with Gasteiger partial charge in [-0.15, -0.1) is 0 Å². The minimum Gasteiger partial charge on any atom is -0.508 e. The Labute approximate surface area is 97.2 Å². The van der Waals surface area contributed by atoms with Crippen LogP contribution in [0.3, 0.4) is 0 Å². The van der Waals surface area contributed by atoms with Gasteiger partial charge < -0.3 is 5.11 Å². The fourth-order valence-corrected chi connectivity index (χ4v) is 4.85. The molecule has 1 aromatic rings. The topological polar surface area (TPSA) is 54.4 Å². The van der Waals surface area contributed by atoms with Crippen molar-refractivity contribution in [1.29, 1.82) is 0 Å². The number of halogens is 1. The molecule has 0 heterocycles. The number of sulfone groups is 1. The quantitative estimate of drug-likeness (QED) is 0.849. The Kier molecular flexibility index (Phi) is 2.77. The zero-order chi connectivity index (χ0) is 11.1. The van der Waals surface area contributed by atoms with E-state index in [0.717, 1.165) is 0 Å². The van der Waals surface area contributed by atoms with Crippen LogP contribution in [0.1, 0.15) is 12.8 Å². The first-order valence-electron chi connectivity index (χ1n) is 4.67. The highest BCUT2D eigenvalue weighted by Crippen LogP contribution is 2.36. The Balaban J connectivity index is 2.26. The molecule has 0 spiro atoms. The Bertz CT molecular complexity index is 446. The zero-order valence-corrected chi connectivity index (χ0v) is 10.3. The van der Waals surface area contributed by atoms with Gasteiger partial charge in [0.05, 0.1) is 10.1 Å². The lowest BCUT2D eigenvalue weighted by atomic mass is 10.00. The van der Waals surface area contributed by atoms with Crippen molar-refractivity contribution in [3.63, 3.8) is 0 Å². The van der Waals surface area contributed by atoms with Crippen molar-refractivity contribution in [3.8, 4) is 5.75 Å². The molecule has 1 aliphatic carbocycles. The van der Waals surface area contributed by atoms with Crippen LogP contribution in [0, 0.1) is 0 Å². The summed E-state index contributed by atoms with van der Waals surface area (Å²) in [4.78, 5) is 0.624. The molecule has 3 nitrogen and oxygen atoms in total. The molecule has 15 heavy (non-hydrogen) atoms.